The zero-order valence-corrected chi connectivity index (χ0v) is 14.0. The molecule has 0 saturated carbocycles. The molecule has 0 radical (unpaired) electrons. The smallest absolute Gasteiger partial charge is 0.217 e. The van der Waals surface area contributed by atoms with Gasteiger partial charge in [0.05, 0.1) is 13.2 Å². The summed E-state index contributed by atoms with van der Waals surface area (Å²) in [6.45, 7) is 0.0944. The van der Waals surface area contributed by atoms with Gasteiger partial charge in [0.25, 0.3) is 0 Å². The number of carbonyl (C=O) groups is 1. The number of aliphatic hydroxyl groups excluding tert-OH is 7. The van der Waals surface area contributed by atoms with E-state index in [1.807, 2.05) is 0 Å². The van der Waals surface area contributed by atoms with Crippen molar-refractivity contribution >= 4 is 5.91 Å². The van der Waals surface area contributed by atoms with Crippen molar-refractivity contribution in [3.63, 3.8) is 0 Å². The van der Waals surface area contributed by atoms with Crippen LogP contribution in [-0.2, 0) is 19.0 Å². The molecule has 0 unspecified atom stereocenters. The second-order valence-electron chi connectivity index (χ2n) is 6.30. The zero-order chi connectivity index (χ0) is 19.6. The van der Waals surface area contributed by atoms with Gasteiger partial charge in [0.15, 0.2) is 12.6 Å². The number of ether oxygens (including phenoxy) is 3. The van der Waals surface area contributed by atoms with E-state index in [9.17, 15) is 40.5 Å². The molecule has 152 valence electrons. The summed E-state index contributed by atoms with van der Waals surface area (Å²) in [7, 11) is 0. The summed E-state index contributed by atoms with van der Waals surface area (Å²) in [6, 6.07) is -1.19. The van der Waals surface area contributed by atoms with Crippen LogP contribution in [0.4, 0.5) is 0 Å². The Morgan fingerprint density at radius 1 is 0.923 bits per heavy atom. The Morgan fingerprint density at radius 2 is 1.54 bits per heavy atom. The third kappa shape index (κ3) is 4.48. The van der Waals surface area contributed by atoms with Crippen LogP contribution in [0.3, 0.4) is 0 Å². The second kappa shape index (κ2) is 8.84. The van der Waals surface area contributed by atoms with E-state index in [-0.39, 0.29) is 0 Å². The van der Waals surface area contributed by atoms with E-state index in [0.29, 0.717) is 0 Å². The summed E-state index contributed by atoms with van der Waals surface area (Å²) in [5.41, 5.74) is 0. The molecule has 0 aliphatic carbocycles. The quantitative estimate of drug-likeness (QED) is 0.226. The highest BCUT2D eigenvalue weighted by atomic mass is 16.7. The molecular formula is C14H25NO11. The molecule has 0 aromatic carbocycles. The molecule has 26 heavy (non-hydrogen) atoms. The Hall–Kier alpha value is -0.930. The second-order valence-corrected chi connectivity index (χ2v) is 6.30. The monoisotopic (exact) mass is 383 g/mol. The van der Waals surface area contributed by atoms with Gasteiger partial charge in [0, 0.05) is 6.92 Å². The van der Waals surface area contributed by atoms with Crippen molar-refractivity contribution in [1.29, 1.82) is 0 Å². The van der Waals surface area contributed by atoms with Crippen LogP contribution in [0.15, 0.2) is 0 Å². The van der Waals surface area contributed by atoms with E-state index < -0.39 is 80.5 Å². The molecule has 2 saturated heterocycles. The van der Waals surface area contributed by atoms with Gasteiger partial charge in [0.2, 0.25) is 5.91 Å². The zero-order valence-electron chi connectivity index (χ0n) is 14.0. The fourth-order valence-corrected chi connectivity index (χ4v) is 2.87. The van der Waals surface area contributed by atoms with Crippen molar-refractivity contribution in [3.05, 3.63) is 0 Å². The largest absolute Gasteiger partial charge is 0.394 e. The lowest BCUT2D eigenvalue weighted by Gasteiger charge is -2.43. The molecule has 0 aromatic rings. The molecule has 1 amide bonds. The number of carbonyl (C=O) groups excluding carboxylic acids is 1. The summed E-state index contributed by atoms with van der Waals surface area (Å²) < 4.78 is 15.7. The highest BCUT2D eigenvalue weighted by Gasteiger charge is 2.47. The summed E-state index contributed by atoms with van der Waals surface area (Å²) in [6.07, 6.45) is -13.5. The van der Waals surface area contributed by atoms with Crippen LogP contribution in [0, 0.1) is 0 Å². The Kier molecular flexibility index (Phi) is 7.27. The first kappa shape index (κ1) is 21.4. The van der Waals surface area contributed by atoms with Crippen molar-refractivity contribution in [2.24, 2.45) is 0 Å². The average molecular weight is 383 g/mol. The van der Waals surface area contributed by atoms with Gasteiger partial charge >= 0.3 is 0 Å². The summed E-state index contributed by atoms with van der Waals surface area (Å²) in [5.74, 6) is -0.538. The molecule has 12 heteroatoms. The minimum Gasteiger partial charge on any atom is -0.394 e. The highest BCUT2D eigenvalue weighted by Crippen LogP contribution is 2.25. The Bertz CT molecular complexity index is 480. The van der Waals surface area contributed by atoms with Gasteiger partial charge in [-0.25, -0.2) is 0 Å². The minimum absolute atomic E-state index is 0.455. The summed E-state index contributed by atoms with van der Waals surface area (Å²) in [5, 5.41) is 70.1. The van der Waals surface area contributed by atoms with E-state index in [1.54, 1.807) is 0 Å². The number of rotatable bonds is 5. The molecule has 12 nitrogen and oxygen atoms in total. The fourth-order valence-electron chi connectivity index (χ4n) is 2.87. The van der Waals surface area contributed by atoms with Crippen LogP contribution in [-0.4, -0.2) is 116 Å². The van der Waals surface area contributed by atoms with Crippen molar-refractivity contribution in [2.75, 3.05) is 13.2 Å². The predicted octanol–water partition coefficient (Wildman–Crippen LogP) is -5.25. The van der Waals surface area contributed by atoms with Gasteiger partial charge in [-0.15, -0.1) is 0 Å². The molecule has 8 N–H and O–H groups in total. The SMILES string of the molecule is CC(=O)N[C@@H]1[C@H](OC[C@H]2O[C@H](O)[C@H](O)[C@@H](O)[C@@H]2O)O[C@H](CO)[C@H](O)[C@@H]1O. The van der Waals surface area contributed by atoms with Crippen molar-refractivity contribution in [3.8, 4) is 0 Å². The average Bonchev–Trinajstić information content (AvgIpc) is 2.60. The highest BCUT2D eigenvalue weighted by molar-refractivity contribution is 5.73. The normalized spacial score (nSPS) is 46.8. The Morgan fingerprint density at radius 3 is 2.12 bits per heavy atom. The van der Waals surface area contributed by atoms with Gasteiger partial charge < -0.3 is 55.3 Å². The number of aliphatic hydroxyl groups is 7. The lowest BCUT2D eigenvalue weighted by molar-refractivity contribution is -0.311. The maximum absolute atomic E-state index is 11.3. The first-order chi connectivity index (χ1) is 12.2. The predicted molar refractivity (Wildman–Crippen MR) is 80.2 cm³/mol. The van der Waals surface area contributed by atoms with Crippen LogP contribution in [0.25, 0.3) is 0 Å². The van der Waals surface area contributed by atoms with E-state index in [4.69, 9.17) is 14.2 Å². The van der Waals surface area contributed by atoms with Gasteiger partial charge in [-0.1, -0.05) is 0 Å². The first-order valence-electron chi connectivity index (χ1n) is 8.06. The molecule has 0 bridgehead atoms. The Balaban J connectivity index is 2.05. The van der Waals surface area contributed by atoms with Crippen LogP contribution < -0.4 is 5.32 Å². The lowest BCUT2D eigenvalue weighted by atomic mass is 9.96. The molecule has 10 atom stereocenters. The maximum atomic E-state index is 11.3. The van der Waals surface area contributed by atoms with Gasteiger partial charge in [-0.05, 0) is 0 Å². The van der Waals surface area contributed by atoms with Crippen LogP contribution in [0.5, 0.6) is 0 Å². The third-order valence-electron chi connectivity index (χ3n) is 4.36. The molecule has 2 heterocycles. The van der Waals surface area contributed by atoms with E-state index in [2.05, 4.69) is 5.32 Å². The lowest BCUT2D eigenvalue weighted by Crippen LogP contribution is -2.65. The molecule has 2 rings (SSSR count). The number of hydrogen-bond donors (Lipinski definition) is 8. The van der Waals surface area contributed by atoms with Gasteiger partial charge in [-0.3, -0.25) is 4.79 Å². The van der Waals surface area contributed by atoms with Crippen molar-refractivity contribution < 1.29 is 54.8 Å². The maximum Gasteiger partial charge on any atom is 0.217 e. The van der Waals surface area contributed by atoms with Crippen LogP contribution in [0.1, 0.15) is 6.92 Å². The summed E-state index contributed by atoms with van der Waals surface area (Å²) >= 11 is 0. The fraction of sp³-hybridized carbons (Fsp3) is 0.929. The molecule has 2 fully saturated rings. The van der Waals surface area contributed by atoms with Crippen LogP contribution >= 0.6 is 0 Å². The van der Waals surface area contributed by atoms with E-state index in [1.165, 1.54) is 6.92 Å². The molecule has 2 aliphatic heterocycles. The topological polar surface area (TPSA) is 198 Å². The van der Waals surface area contributed by atoms with Gasteiger partial charge in [0.1, 0.15) is 48.8 Å². The van der Waals surface area contributed by atoms with E-state index in [0.717, 1.165) is 0 Å². The third-order valence-corrected chi connectivity index (χ3v) is 4.36. The standard InChI is InChI=1S/C14H25NO11/c1-4(17)15-7-10(20)8(18)5(2-16)26-14(7)24-3-6-9(19)11(21)12(22)13(23)25-6/h5-14,16,18-23H,2-3H2,1H3,(H,15,17)/t5-,6-,7+,8+,9-,10-,11+,12-,13+,14-/m1/s1. The Labute approximate surface area is 148 Å². The molecule has 2 aliphatic rings. The first-order valence-corrected chi connectivity index (χ1v) is 8.06. The molecule has 0 aromatic heterocycles. The number of amides is 1. The van der Waals surface area contributed by atoms with Crippen molar-refractivity contribution in [2.45, 2.75) is 68.3 Å². The number of hydrogen-bond acceptors (Lipinski definition) is 11. The van der Waals surface area contributed by atoms with E-state index >= 15 is 0 Å². The van der Waals surface area contributed by atoms with Crippen molar-refractivity contribution in [1.82, 2.24) is 5.32 Å². The molecular weight excluding hydrogens is 358 g/mol. The summed E-state index contributed by atoms with van der Waals surface area (Å²) in [4.78, 5) is 11.3. The minimum atomic E-state index is -1.75. The van der Waals surface area contributed by atoms with Gasteiger partial charge in [-0.2, -0.15) is 0 Å². The number of nitrogens with one attached hydrogen (secondary N) is 1. The molecule has 0 spiro atoms. The van der Waals surface area contributed by atoms with Crippen LogP contribution in [0.2, 0.25) is 0 Å².